The molecule has 0 unspecified atom stereocenters. The second-order valence-corrected chi connectivity index (χ2v) is 4.63. The van der Waals surface area contributed by atoms with Crippen molar-refractivity contribution in [3.63, 3.8) is 0 Å². The molecule has 0 amide bonds. The molecule has 0 saturated carbocycles. The van der Waals surface area contributed by atoms with Crippen molar-refractivity contribution in [3.8, 4) is 0 Å². The van der Waals surface area contributed by atoms with E-state index in [2.05, 4.69) is 4.98 Å². The number of H-pyrrole nitrogens is 1. The summed E-state index contributed by atoms with van der Waals surface area (Å²) < 4.78 is 1.45. The number of benzene rings is 1. The summed E-state index contributed by atoms with van der Waals surface area (Å²) in [6.45, 7) is 0.420. The quantitative estimate of drug-likeness (QED) is 0.615. The number of fused-ring (bicyclic) bond motifs is 1. The summed E-state index contributed by atoms with van der Waals surface area (Å²) in [5.74, 6) is -0.816. The fourth-order valence-corrected chi connectivity index (χ4v) is 2.17. The normalized spacial score (nSPS) is 10.8. The monoisotopic (exact) mass is 276 g/mol. The molecule has 1 aromatic heterocycles. The van der Waals surface area contributed by atoms with Gasteiger partial charge in [0.05, 0.1) is 11.0 Å². The molecule has 6 nitrogen and oxygen atoms in total. The fourth-order valence-electron chi connectivity index (χ4n) is 2.17. The molecule has 0 aliphatic carbocycles. The molecule has 20 heavy (non-hydrogen) atoms. The van der Waals surface area contributed by atoms with Gasteiger partial charge in [-0.25, -0.2) is 0 Å². The molecule has 2 N–H and O–H groups in total. The van der Waals surface area contributed by atoms with Crippen LogP contribution in [0.2, 0.25) is 0 Å². The number of unbranched alkanes of at least 4 members (excludes halogenated alkanes) is 2. The molecule has 0 radical (unpaired) electrons. The molecular formula is C14H16N2O4. The maximum atomic E-state index is 11.9. The second-order valence-electron chi connectivity index (χ2n) is 4.63. The van der Waals surface area contributed by atoms with Crippen molar-refractivity contribution in [2.24, 2.45) is 0 Å². The van der Waals surface area contributed by atoms with Gasteiger partial charge in [0.25, 0.3) is 0 Å². The Hall–Kier alpha value is -2.37. The Morgan fingerprint density at radius 1 is 1.15 bits per heavy atom. The maximum Gasteiger partial charge on any atom is 0.316 e. The van der Waals surface area contributed by atoms with Gasteiger partial charge in [0, 0.05) is 13.0 Å². The van der Waals surface area contributed by atoms with Crippen LogP contribution in [0.15, 0.2) is 33.9 Å². The number of nitrogens with zero attached hydrogens (tertiary/aromatic N) is 1. The third kappa shape index (κ3) is 3.14. The Balaban J connectivity index is 2.17. The van der Waals surface area contributed by atoms with E-state index in [1.807, 2.05) is 0 Å². The topological polar surface area (TPSA) is 92.2 Å². The standard InChI is InChI=1S/C14H16N2O4/c17-12(18)8-2-1-5-9-16-11-7-4-3-6-10(11)15-13(19)14(16)20/h3-4,6-7H,1-2,5,8-9H2,(H,15,19)(H,17,18). The van der Waals surface area contributed by atoms with Crippen molar-refractivity contribution >= 4 is 17.0 Å². The number of hydrogen-bond donors (Lipinski definition) is 2. The van der Waals surface area contributed by atoms with Gasteiger partial charge in [-0.05, 0) is 25.0 Å². The molecule has 0 atom stereocenters. The first-order chi connectivity index (χ1) is 9.59. The van der Waals surface area contributed by atoms with Crippen molar-refractivity contribution in [1.82, 2.24) is 9.55 Å². The molecule has 6 heteroatoms. The van der Waals surface area contributed by atoms with E-state index in [9.17, 15) is 14.4 Å². The number of aromatic amines is 1. The molecule has 2 aromatic rings. The lowest BCUT2D eigenvalue weighted by atomic mass is 10.2. The van der Waals surface area contributed by atoms with Crippen LogP contribution in [0.25, 0.3) is 11.0 Å². The average Bonchev–Trinajstić information content (AvgIpc) is 2.42. The van der Waals surface area contributed by atoms with Crippen molar-refractivity contribution in [1.29, 1.82) is 0 Å². The predicted octanol–water partition coefficient (Wildman–Crippen LogP) is 1.33. The number of para-hydroxylation sites is 2. The maximum absolute atomic E-state index is 11.9. The van der Waals surface area contributed by atoms with Crippen LogP contribution in [-0.4, -0.2) is 20.6 Å². The fraction of sp³-hybridized carbons (Fsp3) is 0.357. The molecular weight excluding hydrogens is 260 g/mol. The van der Waals surface area contributed by atoms with Crippen LogP contribution in [0.4, 0.5) is 0 Å². The number of carboxylic acids is 1. The Kier molecular flexibility index (Phi) is 4.34. The zero-order valence-electron chi connectivity index (χ0n) is 11.0. The van der Waals surface area contributed by atoms with Crippen molar-refractivity contribution < 1.29 is 9.90 Å². The van der Waals surface area contributed by atoms with Crippen LogP contribution >= 0.6 is 0 Å². The van der Waals surface area contributed by atoms with Gasteiger partial charge in [-0.1, -0.05) is 18.6 Å². The number of aliphatic carboxylic acids is 1. The van der Waals surface area contributed by atoms with Crippen LogP contribution < -0.4 is 11.1 Å². The third-order valence-corrected chi connectivity index (χ3v) is 3.15. The van der Waals surface area contributed by atoms with Crippen molar-refractivity contribution in [3.05, 3.63) is 45.0 Å². The molecule has 0 fully saturated rings. The molecule has 1 aromatic carbocycles. The minimum atomic E-state index is -0.816. The number of rotatable bonds is 6. The summed E-state index contributed by atoms with van der Waals surface area (Å²) >= 11 is 0. The van der Waals surface area contributed by atoms with Crippen LogP contribution in [0, 0.1) is 0 Å². The van der Waals surface area contributed by atoms with Gasteiger partial charge in [0.2, 0.25) is 0 Å². The van der Waals surface area contributed by atoms with E-state index in [1.54, 1.807) is 24.3 Å². The molecule has 0 aliphatic heterocycles. The van der Waals surface area contributed by atoms with E-state index in [4.69, 9.17) is 5.11 Å². The first-order valence-corrected chi connectivity index (χ1v) is 6.53. The summed E-state index contributed by atoms with van der Waals surface area (Å²) in [5.41, 5.74) is 0.120. The Morgan fingerprint density at radius 2 is 1.90 bits per heavy atom. The van der Waals surface area contributed by atoms with E-state index in [1.165, 1.54) is 4.57 Å². The smallest absolute Gasteiger partial charge is 0.316 e. The number of carbonyl (C=O) groups is 1. The van der Waals surface area contributed by atoms with E-state index in [-0.39, 0.29) is 6.42 Å². The minimum Gasteiger partial charge on any atom is -0.481 e. The molecule has 0 bridgehead atoms. The highest BCUT2D eigenvalue weighted by molar-refractivity contribution is 5.74. The first kappa shape index (κ1) is 14.0. The van der Waals surface area contributed by atoms with Crippen LogP contribution in [-0.2, 0) is 11.3 Å². The van der Waals surface area contributed by atoms with Crippen molar-refractivity contribution in [2.75, 3.05) is 0 Å². The van der Waals surface area contributed by atoms with Gasteiger partial charge in [-0.15, -0.1) is 0 Å². The molecule has 2 rings (SSSR count). The summed E-state index contributed by atoms with van der Waals surface area (Å²) in [6.07, 6.45) is 2.08. The highest BCUT2D eigenvalue weighted by Gasteiger charge is 2.06. The van der Waals surface area contributed by atoms with Gasteiger partial charge in [0.1, 0.15) is 0 Å². The van der Waals surface area contributed by atoms with Crippen LogP contribution in [0.5, 0.6) is 0 Å². The number of carboxylic acid groups (broad SMARTS) is 1. The summed E-state index contributed by atoms with van der Waals surface area (Å²) in [7, 11) is 0. The molecule has 0 aliphatic rings. The van der Waals surface area contributed by atoms with Gasteiger partial charge in [-0.2, -0.15) is 0 Å². The van der Waals surface area contributed by atoms with Crippen molar-refractivity contribution in [2.45, 2.75) is 32.2 Å². The highest BCUT2D eigenvalue weighted by Crippen LogP contribution is 2.09. The molecule has 0 spiro atoms. The highest BCUT2D eigenvalue weighted by atomic mass is 16.4. The predicted molar refractivity (Wildman–Crippen MR) is 74.9 cm³/mol. The Bertz CT molecular complexity index is 730. The minimum absolute atomic E-state index is 0.130. The second kappa shape index (κ2) is 6.18. The van der Waals surface area contributed by atoms with E-state index >= 15 is 0 Å². The summed E-state index contributed by atoms with van der Waals surface area (Å²) in [4.78, 5) is 36.4. The SMILES string of the molecule is O=C(O)CCCCCn1c(=O)c(=O)[nH]c2ccccc21. The number of aromatic nitrogens is 2. The number of hydrogen-bond acceptors (Lipinski definition) is 3. The Morgan fingerprint density at radius 3 is 2.65 bits per heavy atom. The molecule has 0 saturated heterocycles. The van der Waals surface area contributed by atoms with Gasteiger partial charge >= 0.3 is 17.1 Å². The largest absolute Gasteiger partial charge is 0.481 e. The lowest BCUT2D eigenvalue weighted by Crippen LogP contribution is -2.36. The summed E-state index contributed by atoms with van der Waals surface area (Å²) in [6, 6.07) is 7.13. The third-order valence-electron chi connectivity index (χ3n) is 3.15. The number of aryl methyl sites for hydroxylation is 1. The van der Waals surface area contributed by atoms with Crippen LogP contribution in [0.1, 0.15) is 25.7 Å². The van der Waals surface area contributed by atoms with Gasteiger partial charge < -0.3 is 14.7 Å². The lowest BCUT2D eigenvalue weighted by molar-refractivity contribution is -0.137. The van der Waals surface area contributed by atoms with Gasteiger partial charge in [-0.3, -0.25) is 14.4 Å². The van der Waals surface area contributed by atoms with E-state index in [0.717, 1.165) is 0 Å². The van der Waals surface area contributed by atoms with Crippen LogP contribution in [0.3, 0.4) is 0 Å². The van der Waals surface area contributed by atoms with E-state index in [0.29, 0.717) is 36.8 Å². The zero-order valence-corrected chi connectivity index (χ0v) is 11.0. The first-order valence-electron chi connectivity index (χ1n) is 6.53. The zero-order chi connectivity index (χ0) is 14.5. The van der Waals surface area contributed by atoms with E-state index < -0.39 is 17.1 Å². The summed E-state index contributed by atoms with van der Waals surface area (Å²) in [5, 5.41) is 8.55. The average molecular weight is 276 g/mol. The molecule has 1 heterocycles. The Labute approximate surface area is 114 Å². The van der Waals surface area contributed by atoms with Gasteiger partial charge in [0.15, 0.2) is 0 Å². The number of nitrogens with one attached hydrogen (secondary N) is 1. The molecule has 106 valence electrons. The lowest BCUT2D eigenvalue weighted by Gasteiger charge is -2.09.